The Morgan fingerprint density at radius 1 is 1.19 bits per heavy atom. The molecule has 21 heavy (non-hydrogen) atoms. The highest BCUT2D eigenvalue weighted by atomic mass is 19.1. The minimum atomic E-state index is -0.457. The predicted molar refractivity (Wildman–Crippen MR) is 75.3 cm³/mol. The van der Waals surface area contributed by atoms with Crippen molar-refractivity contribution in [3.8, 4) is 0 Å². The minimum absolute atomic E-state index is 0.0344. The summed E-state index contributed by atoms with van der Waals surface area (Å²) in [6.07, 6.45) is 1.44. The number of hydrogen-bond acceptors (Lipinski definition) is 4. The van der Waals surface area contributed by atoms with Crippen LogP contribution in [0.15, 0.2) is 24.3 Å². The Morgan fingerprint density at radius 2 is 1.81 bits per heavy atom. The Kier molecular flexibility index (Phi) is 4.07. The Labute approximate surface area is 123 Å². The van der Waals surface area contributed by atoms with E-state index in [1.165, 1.54) is 12.1 Å². The normalized spacial score (nSPS) is 20.7. The van der Waals surface area contributed by atoms with Gasteiger partial charge in [0.25, 0.3) is 0 Å². The van der Waals surface area contributed by atoms with Crippen molar-refractivity contribution < 1.29 is 18.7 Å². The second-order valence-corrected chi connectivity index (χ2v) is 5.35. The Bertz CT molecular complexity index is 490. The lowest BCUT2D eigenvalue weighted by atomic mass is 10.0. The number of amides is 1. The Morgan fingerprint density at radius 3 is 2.43 bits per heavy atom. The van der Waals surface area contributed by atoms with Crippen LogP contribution in [0.4, 0.5) is 10.1 Å². The summed E-state index contributed by atoms with van der Waals surface area (Å²) in [5.41, 5.74) is 0.737. The van der Waals surface area contributed by atoms with Crippen LogP contribution in [-0.2, 0) is 14.3 Å². The molecule has 0 radical (unpaired) electrons. The molecule has 1 aromatic rings. The first-order valence-electron chi connectivity index (χ1n) is 7.22. The third kappa shape index (κ3) is 3.33. The zero-order chi connectivity index (χ0) is 14.7. The van der Waals surface area contributed by atoms with Crippen LogP contribution in [0.25, 0.3) is 0 Å². The summed E-state index contributed by atoms with van der Waals surface area (Å²) in [6, 6.07) is 5.97. The van der Waals surface area contributed by atoms with Gasteiger partial charge in [0.1, 0.15) is 5.82 Å². The summed E-state index contributed by atoms with van der Waals surface area (Å²) >= 11 is 0. The van der Waals surface area contributed by atoms with Crippen LogP contribution < -0.4 is 5.32 Å². The highest BCUT2D eigenvalue weighted by Gasteiger charge is 2.40. The van der Waals surface area contributed by atoms with E-state index >= 15 is 0 Å². The molecule has 0 unspecified atom stereocenters. The lowest BCUT2D eigenvalue weighted by Gasteiger charge is -2.37. The fraction of sp³-hybridized carbons (Fsp3) is 0.533. The number of nitrogens with zero attached hydrogens (tertiary/aromatic N) is 1. The van der Waals surface area contributed by atoms with E-state index in [2.05, 4.69) is 5.32 Å². The lowest BCUT2D eigenvalue weighted by molar-refractivity contribution is -0.187. The molecule has 2 aliphatic heterocycles. The largest absolute Gasteiger partial charge is 0.376 e. The summed E-state index contributed by atoms with van der Waals surface area (Å²) in [6.45, 7) is 2.77. The van der Waals surface area contributed by atoms with Gasteiger partial charge < -0.3 is 19.7 Å². The number of halogens is 1. The quantitative estimate of drug-likeness (QED) is 0.920. The number of ether oxygens (including phenoxy) is 2. The molecule has 2 fully saturated rings. The molecule has 114 valence electrons. The van der Waals surface area contributed by atoms with E-state index in [1.807, 2.05) is 4.90 Å². The molecule has 0 saturated carbocycles. The zero-order valence-electron chi connectivity index (χ0n) is 11.8. The smallest absolute Gasteiger partial charge is 0.241 e. The second-order valence-electron chi connectivity index (χ2n) is 5.35. The number of anilines is 1. The van der Waals surface area contributed by atoms with Gasteiger partial charge in [-0.2, -0.15) is 0 Å². The van der Waals surface area contributed by atoms with E-state index in [0.29, 0.717) is 26.3 Å². The maximum Gasteiger partial charge on any atom is 0.241 e. The van der Waals surface area contributed by atoms with Gasteiger partial charge in [0, 0.05) is 31.6 Å². The van der Waals surface area contributed by atoms with Crippen molar-refractivity contribution in [2.45, 2.75) is 18.6 Å². The molecule has 6 heteroatoms. The summed E-state index contributed by atoms with van der Waals surface area (Å²) < 4.78 is 24.1. The standard InChI is InChI=1S/C15H19FN2O3/c16-12-1-3-13(4-2-12)17-11-14(19)18-7-5-15(6-8-18)20-9-10-21-15/h1-4,17H,5-11H2. The minimum Gasteiger partial charge on any atom is -0.376 e. The van der Waals surface area contributed by atoms with Gasteiger partial charge in [0.15, 0.2) is 5.79 Å². The third-order valence-corrected chi connectivity index (χ3v) is 3.98. The molecular weight excluding hydrogens is 275 g/mol. The maximum atomic E-state index is 12.8. The molecule has 0 aromatic heterocycles. The number of hydrogen-bond donors (Lipinski definition) is 1. The Hall–Kier alpha value is -1.66. The summed E-state index contributed by atoms with van der Waals surface area (Å²) in [5, 5.41) is 3.01. The maximum absolute atomic E-state index is 12.8. The van der Waals surface area contributed by atoms with Gasteiger partial charge in [0.05, 0.1) is 19.8 Å². The van der Waals surface area contributed by atoms with E-state index in [0.717, 1.165) is 18.5 Å². The van der Waals surface area contributed by atoms with E-state index < -0.39 is 5.79 Å². The van der Waals surface area contributed by atoms with Crippen molar-refractivity contribution in [2.24, 2.45) is 0 Å². The predicted octanol–water partition coefficient (Wildman–Crippen LogP) is 1.60. The number of piperidine rings is 1. The number of likely N-dealkylation sites (tertiary alicyclic amines) is 1. The fourth-order valence-corrected chi connectivity index (χ4v) is 2.74. The molecule has 0 bridgehead atoms. The molecule has 1 N–H and O–H groups in total. The molecule has 2 saturated heterocycles. The first kappa shape index (κ1) is 14.3. The van der Waals surface area contributed by atoms with Gasteiger partial charge in [-0.25, -0.2) is 4.39 Å². The first-order valence-corrected chi connectivity index (χ1v) is 7.22. The highest BCUT2D eigenvalue weighted by Crippen LogP contribution is 2.31. The van der Waals surface area contributed by atoms with Gasteiger partial charge in [-0.15, -0.1) is 0 Å². The zero-order valence-corrected chi connectivity index (χ0v) is 11.8. The highest BCUT2D eigenvalue weighted by molar-refractivity contribution is 5.81. The van der Waals surface area contributed by atoms with Crippen molar-refractivity contribution in [1.29, 1.82) is 0 Å². The molecule has 1 spiro atoms. The second kappa shape index (κ2) is 5.99. The number of nitrogens with one attached hydrogen (secondary N) is 1. The van der Waals surface area contributed by atoms with Gasteiger partial charge in [-0.05, 0) is 24.3 Å². The molecular formula is C15H19FN2O3. The van der Waals surface area contributed by atoms with Gasteiger partial charge in [0.2, 0.25) is 5.91 Å². The first-order chi connectivity index (χ1) is 10.2. The van der Waals surface area contributed by atoms with Crippen LogP contribution in [0.5, 0.6) is 0 Å². The molecule has 3 rings (SSSR count). The van der Waals surface area contributed by atoms with Gasteiger partial charge >= 0.3 is 0 Å². The van der Waals surface area contributed by atoms with Crippen molar-refractivity contribution in [1.82, 2.24) is 4.90 Å². The summed E-state index contributed by atoms with van der Waals surface area (Å²) in [7, 11) is 0. The van der Waals surface area contributed by atoms with Crippen molar-refractivity contribution in [2.75, 3.05) is 38.2 Å². The SMILES string of the molecule is O=C(CNc1ccc(F)cc1)N1CCC2(CC1)OCCO2. The molecule has 2 aliphatic rings. The van der Waals surface area contributed by atoms with E-state index in [9.17, 15) is 9.18 Å². The third-order valence-electron chi connectivity index (χ3n) is 3.98. The van der Waals surface area contributed by atoms with Crippen LogP contribution in [0.3, 0.4) is 0 Å². The Balaban J connectivity index is 1.47. The van der Waals surface area contributed by atoms with Crippen molar-refractivity contribution in [3.05, 3.63) is 30.1 Å². The lowest BCUT2D eigenvalue weighted by Crippen LogP contribution is -2.48. The summed E-state index contributed by atoms with van der Waals surface area (Å²) in [5.74, 6) is -0.710. The number of benzene rings is 1. The van der Waals surface area contributed by atoms with Gasteiger partial charge in [-0.3, -0.25) is 4.79 Å². The summed E-state index contributed by atoms with van der Waals surface area (Å²) in [4.78, 5) is 14.0. The van der Waals surface area contributed by atoms with Crippen LogP contribution in [0.1, 0.15) is 12.8 Å². The van der Waals surface area contributed by atoms with E-state index in [1.54, 1.807) is 12.1 Å². The number of carbonyl (C=O) groups is 1. The monoisotopic (exact) mass is 294 g/mol. The topological polar surface area (TPSA) is 50.8 Å². The fourth-order valence-electron chi connectivity index (χ4n) is 2.74. The van der Waals surface area contributed by atoms with Crippen molar-refractivity contribution >= 4 is 11.6 Å². The number of carbonyl (C=O) groups excluding carboxylic acids is 1. The van der Waals surface area contributed by atoms with E-state index in [-0.39, 0.29) is 18.3 Å². The van der Waals surface area contributed by atoms with Crippen LogP contribution in [0, 0.1) is 5.82 Å². The molecule has 1 aromatic carbocycles. The van der Waals surface area contributed by atoms with Crippen LogP contribution in [-0.4, -0.2) is 49.4 Å². The average molecular weight is 294 g/mol. The molecule has 0 atom stereocenters. The number of rotatable bonds is 3. The average Bonchev–Trinajstić information content (AvgIpc) is 2.95. The molecule has 2 heterocycles. The molecule has 1 amide bonds. The van der Waals surface area contributed by atoms with Crippen LogP contribution >= 0.6 is 0 Å². The van der Waals surface area contributed by atoms with Crippen molar-refractivity contribution in [3.63, 3.8) is 0 Å². The van der Waals surface area contributed by atoms with E-state index in [4.69, 9.17) is 9.47 Å². The molecule has 5 nitrogen and oxygen atoms in total. The molecule has 0 aliphatic carbocycles. The van der Waals surface area contributed by atoms with Crippen LogP contribution in [0.2, 0.25) is 0 Å². The van der Waals surface area contributed by atoms with Gasteiger partial charge in [-0.1, -0.05) is 0 Å².